The summed E-state index contributed by atoms with van der Waals surface area (Å²) in [4.78, 5) is 17.0. The van der Waals surface area contributed by atoms with Crippen molar-refractivity contribution in [2.24, 2.45) is 0 Å². The number of carbonyl (C=O) groups is 1. The van der Waals surface area contributed by atoms with Crippen molar-refractivity contribution in [2.75, 3.05) is 0 Å². The zero-order chi connectivity index (χ0) is 11.5. The lowest BCUT2D eigenvalue weighted by Gasteiger charge is -2.09. The maximum atomic E-state index is 11.3. The Labute approximate surface area is 98.9 Å². The van der Waals surface area contributed by atoms with E-state index in [2.05, 4.69) is 9.82 Å². The minimum absolute atomic E-state index is 0.0419. The summed E-state index contributed by atoms with van der Waals surface area (Å²) in [6.07, 6.45) is 2.53. The lowest BCUT2D eigenvalue weighted by molar-refractivity contribution is -0.118. The number of Topliss-reactive ketones (excluding diaryl/α,β-unsaturated/α-hetero) is 1. The number of benzene rings is 1. The van der Waals surface area contributed by atoms with Gasteiger partial charge in [0.1, 0.15) is 5.78 Å². The van der Waals surface area contributed by atoms with E-state index < -0.39 is 0 Å². The molecule has 16 heavy (non-hydrogen) atoms. The number of hydrogen-bond acceptors (Lipinski definition) is 2. The van der Waals surface area contributed by atoms with E-state index in [0.717, 1.165) is 16.5 Å². The van der Waals surface area contributed by atoms with Crippen LogP contribution < -0.4 is 4.84 Å². The van der Waals surface area contributed by atoms with Gasteiger partial charge in [-0.25, -0.2) is 4.84 Å². The molecule has 0 aliphatic rings. The molecule has 1 atom stereocenters. The molecule has 0 amide bonds. The predicted molar refractivity (Wildman–Crippen MR) is 65.5 cm³/mol. The van der Waals surface area contributed by atoms with Crippen molar-refractivity contribution in [3.8, 4) is 0 Å². The first-order valence-corrected chi connectivity index (χ1v) is 5.51. The van der Waals surface area contributed by atoms with Crippen molar-refractivity contribution in [3.63, 3.8) is 0 Å². The van der Waals surface area contributed by atoms with Crippen molar-refractivity contribution < 1.29 is 4.79 Å². The van der Waals surface area contributed by atoms with Crippen molar-refractivity contribution in [1.29, 1.82) is 0 Å². The van der Waals surface area contributed by atoms with Gasteiger partial charge in [-0.3, -0.25) is 4.79 Å². The number of rotatable bonds is 4. The van der Waals surface area contributed by atoms with Crippen LogP contribution in [0.25, 0.3) is 10.9 Å². The number of ketones is 1. The fraction of sp³-hybridized carbons (Fsp3) is 0.250. The summed E-state index contributed by atoms with van der Waals surface area (Å²) in [6.45, 7) is 1.54. The Bertz CT molecular complexity index is 506. The van der Waals surface area contributed by atoms with E-state index >= 15 is 0 Å². The number of H-pyrrole nitrogens is 1. The minimum Gasteiger partial charge on any atom is -0.361 e. The number of carbonyl (C=O) groups excluding carboxylic acids is 1. The molecule has 0 radical (unpaired) electrons. The molecule has 0 aliphatic heterocycles. The molecule has 1 aromatic carbocycles. The molecule has 4 heteroatoms. The number of aromatic nitrogens is 1. The molecule has 0 aliphatic carbocycles. The molecular weight excluding hydrogens is 224 g/mol. The van der Waals surface area contributed by atoms with Crippen LogP contribution >= 0.6 is 11.8 Å². The topological polar surface area (TPSA) is 44.9 Å². The molecule has 1 heterocycles. The first kappa shape index (κ1) is 11.2. The molecule has 0 fully saturated rings. The highest BCUT2D eigenvalue weighted by Gasteiger charge is 2.15. The molecule has 0 bridgehead atoms. The summed E-state index contributed by atoms with van der Waals surface area (Å²) in [5, 5.41) is 1.14. The molecule has 1 aromatic heterocycles. The molecule has 0 saturated carbocycles. The molecule has 84 valence electrons. The first-order valence-electron chi connectivity index (χ1n) is 5.14. The van der Waals surface area contributed by atoms with Crippen LogP contribution in [-0.4, -0.2) is 16.8 Å². The van der Waals surface area contributed by atoms with Gasteiger partial charge in [0.05, 0.1) is 6.04 Å². The number of hydrogen-bond donors (Lipinski definition) is 2. The molecule has 0 spiro atoms. The van der Waals surface area contributed by atoms with E-state index in [9.17, 15) is 4.79 Å². The first-order chi connectivity index (χ1) is 7.72. The minimum atomic E-state index is -0.333. The van der Waals surface area contributed by atoms with E-state index in [1.165, 1.54) is 6.92 Å². The molecule has 0 unspecified atom stereocenters. The van der Waals surface area contributed by atoms with Crippen LogP contribution in [0.5, 0.6) is 0 Å². The Morgan fingerprint density at radius 2 is 2.25 bits per heavy atom. The van der Waals surface area contributed by atoms with E-state index in [0.29, 0.717) is 6.42 Å². The highest BCUT2D eigenvalue weighted by molar-refractivity contribution is 6.15. The number of para-hydroxylation sites is 1. The smallest absolute Gasteiger partial charge is 0.148 e. The largest absolute Gasteiger partial charge is 0.361 e. The van der Waals surface area contributed by atoms with E-state index in [1.807, 2.05) is 30.5 Å². The zero-order valence-electron chi connectivity index (χ0n) is 8.96. The lowest BCUT2D eigenvalue weighted by atomic mass is 10.0. The van der Waals surface area contributed by atoms with Gasteiger partial charge in [-0.2, -0.15) is 0 Å². The number of fused-ring (bicyclic) bond motifs is 1. The Balaban J connectivity index is 2.30. The average molecular weight is 237 g/mol. The van der Waals surface area contributed by atoms with Gasteiger partial charge >= 0.3 is 0 Å². The second-order valence-electron chi connectivity index (χ2n) is 3.84. The van der Waals surface area contributed by atoms with Crippen molar-refractivity contribution in [3.05, 3.63) is 36.0 Å². The number of aromatic amines is 1. The molecular formula is C12H13ClN2O. The predicted octanol–water partition coefficient (Wildman–Crippen LogP) is 2.41. The summed E-state index contributed by atoms with van der Waals surface area (Å²) in [5.41, 5.74) is 2.18. The van der Waals surface area contributed by atoms with Crippen molar-refractivity contribution in [1.82, 2.24) is 9.82 Å². The summed E-state index contributed by atoms with van der Waals surface area (Å²) in [6, 6.07) is 7.67. The third-order valence-electron chi connectivity index (χ3n) is 2.72. The number of nitrogens with one attached hydrogen (secondary N) is 2. The fourth-order valence-corrected chi connectivity index (χ4v) is 2.01. The van der Waals surface area contributed by atoms with Gasteiger partial charge in [0.2, 0.25) is 0 Å². The standard InChI is InChI=1S/C12H13ClN2O/c1-8(16)12(15-13)6-9-7-14-11-5-3-2-4-10(9)11/h2-5,7,12,14-15H,6H2,1H3/t12-/m0/s1. The molecule has 2 N–H and O–H groups in total. The third-order valence-corrected chi connectivity index (χ3v) is 2.98. The normalized spacial score (nSPS) is 12.9. The van der Waals surface area contributed by atoms with Crippen LogP contribution in [0.4, 0.5) is 0 Å². The van der Waals surface area contributed by atoms with Gasteiger partial charge in [0, 0.05) is 17.1 Å². The Morgan fingerprint density at radius 3 is 2.94 bits per heavy atom. The second kappa shape index (κ2) is 4.68. The number of halogens is 1. The van der Waals surface area contributed by atoms with E-state index in [-0.39, 0.29) is 11.8 Å². The molecule has 2 rings (SSSR count). The maximum Gasteiger partial charge on any atom is 0.148 e. The molecule has 3 nitrogen and oxygen atoms in total. The van der Waals surface area contributed by atoms with Gasteiger partial charge < -0.3 is 4.98 Å². The fourth-order valence-electron chi connectivity index (χ4n) is 1.78. The van der Waals surface area contributed by atoms with Gasteiger partial charge in [0.15, 0.2) is 0 Å². The Kier molecular flexibility index (Phi) is 3.27. The second-order valence-corrected chi connectivity index (χ2v) is 4.05. The van der Waals surface area contributed by atoms with Crippen LogP contribution in [0.2, 0.25) is 0 Å². The highest BCUT2D eigenvalue weighted by Crippen LogP contribution is 2.19. The quantitative estimate of drug-likeness (QED) is 0.801. The zero-order valence-corrected chi connectivity index (χ0v) is 9.71. The van der Waals surface area contributed by atoms with Crippen LogP contribution in [0.3, 0.4) is 0 Å². The summed E-state index contributed by atoms with van der Waals surface area (Å²) in [5.74, 6) is 0.0419. The van der Waals surface area contributed by atoms with Gasteiger partial charge in [0.25, 0.3) is 0 Å². The molecule has 2 aromatic rings. The van der Waals surface area contributed by atoms with E-state index in [4.69, 9.17) is 11.8 Å². The lowest BCUT2D eigenvalue weighted by Crippen LogP contribution is -2.30. The molecule has 0 saturated heterocycles. The summed E-state index contributed by atoms with van der Waals surface area (Å²) < 4.78 is 0. The summed E-state index contributed by atoms with van der Waals surface area (Å²) >= 11 is 5.55. The van der Waals surface area contributed by atoms with Crippen LogP contribution in [0.1, 0.15) is 12.5 Å². The van der Waals surface area contributed by atoms with Crippen LogP contribution in [0.15, 0.2) is 30.5 Å². The van der Waals surface area contributed by atoms with Crippen molar-refractivity contribution >= 4 is 28.5 Å². The van der Waals surface area contributed by atoms with Crippen LogP contribution in [-0.2, 0) is 11.2 Å². The monoisotopic (exact) mass is 236 g/mol. The Morgan fingerprint density at radius 1 is 1.50 bits per heavy atom. The average Bonchev–Trinajstić information content (AvgIpc) is 2.69. The van der Waals surface area contributed by atoms with Crippen molar-refractivity contribution in [2.45, 2.75) is 19.4 Å². The van der Waals surface area contributed by atoms with Crippen LogP contribution in [0, 0.1) is 0 Å². The highest BCUT2D eigenvalue weighted by atomic mass is 35.5. The summed E-state index contributed by atoms with van der Waals surface area (Å²) in [7, 11) is 0. The van der Waals surface area contributed by atoms with E-state index in [1.54, 1.807) is 0 Å². The van der Waals surface area contributed by atoms with Gasteiger partial charge in [-0.15, -0.1) is 0 Å². The Hall–Kier alpha value is -1.32. The maximum absolute atomic E-state index is 11.3. The van der Waals surface area contributed by atoms with Gasteiger partial charge in [-0.05, 0) is 36.8 Å². The third kappa shape index (κ3) is 2.10. The van der Waals surface area contributed by atoms with Gasteiger partial charge in [-0.1, -0.05) is 18.2 Å². The SMILES string of the molecule is CC(=O)[C@H](Cc1c[nH]c2ccccc12)NCl.